The number of rotatable bonds is 3. The van der Waals surface area contributed by atoms with Crippen LogP contribution in [0.5, 0.6) is 5.75 Å². The van der Waals surface area contributed by atoms with Crippen molar-refractivity contribution in [2.45, 2.75) is 20.3 Å². The Kier molecular flexibility index (Phi) is 4.02. The van der Waals surface area contributed by atoms with E-state index in [1.165, 1.54) is 0 Å². The van der Waals surface area contributed by atoms with Crippen LogP contribution in [0.2, 0.25) is 0 Å². The third-order valence-electron chi connectivity index (χ3n) is 3.86. The predicted molar refractivity (Wildman–Crippen MR) is 89.1 cm³/mol. The van der Waals surface area contributed by atoms with Crippen molar-refractivity contribution in [3.05, 3.63) is 53.1 Å². The predicted octanol–water partition coefficient (Wildman–Crippen LogP) is 3.14. The third kappa shape index (κ3) is 2.90. The molecule has 3 rings (SSSR count). The molecule has 1 heterocycles. The molecule has 2 aromatic carbocycles. The molecule has 5 nitrogen and oxygen atoms in total. The summed E-state index contributed by atoms with van der Waals surface area (Å²) in [7, 11) is 0. The first-order valence-corrected chi connectivity index (χ1v) is 7.55. The molecule has 0 bridgehead atoms. The fourth-order valence-electron chi connectivity index (χ4n) is 2.68. The van der Waals surface area contributed by atoms with E-state index in [0.717, 1.165) is 23.2 Å². The number of carbonyl (C=O) groups is 2. The van der Waals surface area contributed by atoms with E-state index in [4.69, 9.17) is 4.74 Å². The highest BCUT2D eigenvalue weighted by atomic mass is 16.5. The molecule has 0 aromatic heterocycles. The molecule has 5 heteroatoms. The number of ether oxygens (including phenoxy) is 1. The van der Waals surface area contributed by atoms with Gasteiger partial charge in [-0.3, -0.25) is 9.59 Å². The zero-order valence-corrected chi connectivity index (χ0v) is 13.1. The third-order valence-corrected chi connectivity index (χ3v) is 3.86. The maximum Gasteiger partial charge on any atom is 0.262 e. The summed E-state index contributed by atoms with van der Waals surface area (Å²) >= 11 is 0. The number of benzene rings is 2. The van der Waals surface area contributed by atoms with E-state index in [-0.39, 0.29) is 18.4 Å². The van der Waals surface area contributed by atoms with E-state index < -0.39 is 0 Å². The van der Waals surface area contributed by atoms with Crippen LogP contribution in [0.25, 0.3) is 0 Å². The van der Waals surface area contributed by atoms with Gasteiger partial charge < -0.3 is 15.4 Å². The highest BCUT2D eigenvalue weighted by Crippen LogP contribution is 2.32. The maximum atomic E-state index is 12.7. The van der Waals surface area contributed by atoms with Gasteiger partial charge in [-0.25, -0.2) is 0 Å². The SMILES string of the molecule is CCc1cccc(C)c1NC(=O)c1cccc2c1OCC(=O)N2. The first-order chi connectivity index (χ1) is 11.1. The van der Waals surface area contributed by atoms with Crippen molar-refractivity contribution in [1.82, 2.24) is 0 Å². The van der Waals surface area contributed by atoms with Crippen LogP contribution in [0, 0.1) is 6.92 Å². The van der Waals surface area contributed by atoms with E-state index in [9.17, 15) is 9.59 Å². The Hall–Kier alpha value is -2.82. The number of hydrogen-bond donors (Lipinski definition) is 2. The molecule has 0 saturated heterocycles. The van der Waals surface area contributed by atoms with Crippen molar-refractivity contribution in [3.63, 3.8) is 0 Å². The molecular weight excluding hydrogens is 292 g/mol. The molecular formula is C18H18N2O3. The molecule has 1 aliphatic heterocycles. The molecule has 118 valence electrons. The molecule has 1 aliphatic rings. The van der Waals surface area contributed by atoms with Crippen molar-refractivity contribution < 1.29 is 14.3 Å². The lowest BCUT2D eigenvalue weighted by Gasteiger charge is -2.21. The first-order valence-electron chi connectivity index (χ1n) is 7.55. The van der Waals surface area contributed by atoms with Crippen molar-refractivity contribution in [1.29, 1.82) is 0 Å². The molecule has 23 heavy (non-hydrogen) atoms. The lowest BCUT2D eigenvalue weighted by Crippen LogP contribution is -2.27. The van der Waals surface area contributed by atoms with Crippen LogP contribution in [0.4, 0.5) is 11.4 Å². The first kappa shape index (κ1) is 15.1. The summed E-state index contributed by atoms with van der Waals surface area (Å²) < 4.78 is 5.44. The van der Waals surface area contributed by atoms with Crippen molar-refractivity contribution in [2.24, 2.45) is 0 Å². The van der Waals surface area contributed by atoms with Crippen LogP contribution < -0.4 is 15.4 Å². The fraction of sp³-hybridized carbons (Fsp3) is 0.222. The number of amides is 2. The Morgan fingerprint density at radius 3 is 2.83 bits per heavy atom. The number of carbonyl (C=O) groups excluding carboxylic acids is 2. The number of hydrogen-bond acceptors (Lipinski definition) is 3. The van der Waals surface area contributed by atoms with Gasteiger partial charge in [-0.1, -0.05) is 31.2 Å². The minimum absolute atomic E-state index is 0.0815. The molecule has 0 saturated carbocycles. The lowest BCUT2D eigenvalue weighted by atomic mass is 10.0. The van der Waals surface area contributed by atoms with Crippen LogP contribution in [0.3, 0.4) is 0 Å². The van der Waals surface area contributed by atoms with Gasteiger partial charge >= 0.3 is 0 Å². The zero-order chi connectivity index (χ0) is 16.4. The second kappa shape index (κ2) is 6.12. The van der Waals surface area contributed by atoms with Gasteiger partial charge in [-0.2, -0.15) is 0 Å². The Bertz CT molecular complexity index is 784. The van der Waals surface area contributed by atoms with E-state index in [1.54, 1.807) is 18.2 Å². The van der Waals surface area contributed by atoms with Crippen molar-refractivity contribution in [3.8, 4) is 5.75 Å². The van der Waals surface area contributed by atoms with Gasteiger partial charge in [0.15, 0.2) is 12.4 Å². The number of nitrogens with one attached hydrogen (secondary N) is 2. The molecule has 0 unspecified atom stereocenters. The largest absolute Gasteiger partial charge is 0.481 e. The smallest absolute Gasteiger partial charge is 0.262 e. The number of anilines is 2. The van der Waals surface area contributed by atoms with Crippen LogP contribution in [0.1, 0.15) is 28.4 Å². The van der Waals surface area contributed by atoms with Gasteiger partial charge in [0, 0.05) is 5.69 Å². The van der Waals surface area contributed by atoms with Crippen LogP contribution in [-0.2, 0) is 11.2 Å². The van der Waals surface area contributed by atoms with E-state index in [1.807, 2.05) is 32.0 Å². The Balaban J connectivity index is 1.94. The normalized spacial score (nSPS) is 12.9. The van der Waals surface area contributed by atoms with E-state index in [2.05, 4.69) is 10.6 Å². The topological polar surface area (TPSA) is 67.4 Å². The minimum Gasteiger partial charge on any atom is -0.481 e. The Morgan fingerprint density at radius 1 is 1.26 bits per heavy atom. The Morgan fingerprint density at radius 2 is 2.04 bits per heavy atom. The summed E-state index contributed by atoms with van der Waals surface area (Å²) in [4.78, 5) is 24.1. The van der Waals surface area contributed by atoms with Crippen LogP contribution in [0.15, 0.2) is 36.4 Å². The van der Waals surface area contributed by atoms with Gasteiger partial charge in [0.1, 0.15) is 0 Å². The lowest BCUT2D eigenvalue weighted by molar-refractivity contribution is -0.118. The summed E-state index contributed by atoms with van der Waals surface area (Å²) in [5.41, 5.74) is 3.86. The molecule has 0 radical (unpaired) electrons. The summed E-state index contributed by atoms with van der Waals surface area (Å²) in [6, 6.07) is 11.1. The van der Waals surface area contributed by atoms with Gasteiger partial charge in [0.05, 0.1) is 11.3 Å². The quantitative estimate of drug-likeness (QED) is 0.915. The van der Waals surface area contributed by atoms with Crippen molar-refractivity contribution in [2.75, 3.05) is 17.2 Å². The average Bonchev–Trinajstić information content (AvgIpc) is 2.55. The van der Waals surface area contributed by atoms with Gasteiger partial charge in [0.2, 0.25) is 0 Å². The van der Waals surface area contributed by atoms with Crippen molar-refractivity contribution >= 4 is 23.2 Å². The van der Waals surface area contributed by atoms with Gasteiger partial charge in [-0.05, 0) is 36.6 Å². The standard InChI is InChI=1S/C18H18N2O3/c1-3-12-7-4-6-11(2)16(12)20-18(22)13-8-5-9-14-17(13)23-10-15(21)19-14/h4-9H,3,10H2,1-2H3,(H,19,21)(H,20,22). The number of para-hydroxylation sites is 2. The second-order valence-electron chi connectivity index (χ2n) is 5.44. The zero-order valence-electron chi connectivity index (χ0n) is 13.1. The highest BCUT2D eigenvalue weighted by molar-refractivity contribution is 6.09. The number of aryl methyl sites for hydroxylation is 2. The van der Waals surface area contributed by atoms with Gasteiger partial charge in [0.25, 0.3) is 11.8 Å². The van der Waals surface area contributed by atoms with Crippen LogP contribution >= 0.6 is 0 Å². The van der Waals surface area contributed by atoms with E-state index in [0.29, 0.717) is 17.0 Å². The molecule has 0 atom stereocenters. The molecule has 0 spiro atoms. The average molecular weight is 310 g/mol. The van der Waals surface area contributed by atoms with Gasteiger partial charge in [-0.15, -0.1) is 0 Å². The molecule has 0 fully saturated rings. The maximum absolute atomic E-state index is 12.7. The fourth-order valence-corrected chi connectivity index (χ4v) is 2.68. The highest BCUT2D eigenvalue weighted by Gasteiger charge is 2.23. The monoisotopic (exact) mass is 310 g/mol. The molecule has 2 N–H and O–H groups in total. The molecule has 2 aromatic rings. The summed E-state index contributed by atoms with van der Waals surface area (Å²) in [6.45, 7) is 3.93. The summed E-state index contributed by atoms with van der Waals surface area (Å²) in [5.74, 6) is -0.0551. The van der Waals surface area contributed by atoms with E-state index >= 15 is 0 Å². The molecule has 2 amide bonds. The Labute approximate surface area is 134 Å². The summed E-state index contributed by atoms with van der Waals surface area (Å²) in [6.07, 6.45) is 0.830. The van der Waals surface area contributed by atoms with Crippen LogP contribution in [-0.4, -0.2) is 18.4 Å². The minimum atomic E-state index is -0.248. The second-order valence-corrected chi connectivity index (χ2v) is 5.44. The molecule has 0 aliphatic carbocycles. The summed E-state index contributed by atoms with van der Waals surface area (Å²) in [5, 5.41) is 5.68. The number of fused-ring (bicyclic) bond motifs is 1.